The van der Waals surface area contributed by atoms with Crippen LogP contribution in [0.2, 0.25) is 0 Å². The van der Waals surface area contributed by atoms with Crippen molar-refractivity contribution in [3.63, 3.8) is 0 Å². The first-order valence-electron chi connectivity index (χ1n) is 8.22. The van der Waals surface area contributed by atoms with Crippen LogP contribution in [0, 0.1) is 13.8 Å². The van der Waals surface area contributed by atoms with Crippen LogP contribution in [0.4, 0.5) is 0 Å². The normalized spacial score (nSPS) is 11.3. The number of esters is 1. The third kappa shape index (κ3) is 2.90. The van der Waals surface area contributed by atoms with Crippen molar-refractivity contribution in [2.24, 2.45) is 0 Å². The van der Waals surface area contributed by atoms with Crippen LogP contribution in [0.5, 0.6) is 0 Å². The molecule has 0 aliphatic heterocycles. The van der Waals surface area contributed by atoms with Crippen LogP contribution in [-0.4, -0.2) is 20.9 Å². The highest BCUT2D eigenvalue weighted by atomic mass is 32.1. The fourth-order valence-electron chi connectivity index (χ4n) is 3.00. The van der Waals surface area contributed by atoms with E-state index in [0.29, 0.717) is 16.0 Å². The van der Waals surface area contributed by atoms with Gasteiger partial charge in [-0.05, 0) is 31.0 Å². The summed E-state index contributed by atoms with van der Waals surface area (Å²) in [5, 5.41) is 1.61. The van der Waals surface area contributed by atoms with Crippen molar-refractivity contribution in [1.29, 1.82) is 0 Å². The molecule has 0 spiro atoms. The summed E-state index contributed by atoms with van der Waals surface area (Å²) in [6.07, 6.45) is 1.98. The lowest BCUT2D eigenvalue weighted by atomic mass is 10.1. The number of nitrogens with zero attached hydrogens (tertiary/aromatic N) is 1. The van der Waals surface area contributed by atoms with Gasteiger partial charge in [0.2, 0.25) is 0 Å². The fraction of sp³-hybridized carbons (Fsp3) is 0.211. The first-order chi connectivity index (χ1) is 12.5. The second-order valence-corrected chi connectivity index (χ2v) is 7.38. The fourth-order valence-corrected chi connectivity index (χ4v) is 4.05. The molecule has 0 unspecified atom stereocenters. The van der Waals surface area contributed by atoms with Crippen LogP contribution in [0.15, 0.2) is 35.3 Å². The molecular weight excluding hydrogens is 350 g/mol. The summed E-state index contributed by atoms with van der Waals surface area (Å²) < 4.78 is 5.31. The minimum Gasteiger partial charge on any atom is -0.457 e. The Kier molecular flexibility index (Phi) is 4.08. The first-order valence-corrected chi connectivity index (χ1v) is 9.04. The number of benzene rings is 1. The summed E-state index contributed by atoms with van der Waals surface area (Å²) in [6.45, 7) is 3.82. The van der Waals surface area contributed by atoms with E-state index in [2.05, 4.69) is 15.0 Å². The molecule has 6 nitrogen and oxygen atoms in total. The lowest BCUT2D eigenvalue weighted by Gasteiger charge is -2.04. The summed E-state index contributed by atoms with van der Waals surface area (Å²) in [7, 11) is 0. The van der Waals surface area contributed by atoms with Gasteiger partial charge in [-0.1, -0.05) is 18.2 Å². The Hall–Kier alpha value is -2.93. The predicted octanol–water partition coefficient (Wildman–Crippen LogP) is 3.37. The molecule has 0 atom stereocenters. The molecular formula is C19H17N3O3S. The van der Waals surface area contributed by atoms with Crippen molar-refractivity contribution in [3.8, 4) is 0 Å². The van der Waals surface area contributed by atoms with Crippen LogP contribution < -0.4 is 5.56 Å². The van der Waals surface area contributed by atoms with Gasteiger partial charge >= 0.3 is 5.97 Å². The second kappa shape index (κ2) is 6.42. The number of carbonyl (C=O) groups is 1. The number of nitrogens with one attached hydrogen (secondary N) is 2. The molecule has 0 saturated carbocycles. The number of H-pyrrole nitrogens is 2. The first kappa shape index (κ1) is 16.5. The van der Waals surface area contributed by atoms with Gasteiger partial charge in [-0.15, -0.1) is 11.3 Å². The van der Waals surface area contributed by atoms with Gasteiger partial charge in [0.05, 0.1) is 11.8 Å². The molecule has 0 radical (unpaired) electrons. The molecule has 0 saturated heterocycles. The van der Waals surface area contributed by atoms with E-state index in [9.17, 15) is 9.59 Å². The van der Waals surface area contributed by atoms with Gasteiger partial charge < -0.3 is 14.7 Å². The van der Waals surface area contributed by atoms with Crippen LogP contribution in [0.1, 0.15) is 21.8 Å². The monoisotopic (exact) mass is 367 g/mol. The van der Waals surface area contributed by atoms with Crippen molar-refractivity contribution in [3.05, 3.63) is 62.6 Å². The molecule has 3 aromatic heterocycles. The van der Waals surface area contributed by atoms with Gasteiger partial charge in [0.1, 0.15) is 17.3 Å². The number of aromatic amines is 2. The minimum atomic E-state index is -0.365. The van der Waals surface area contributed by atoms with E-state index < -0.39 is 0 Å². The number of hydrogen-bond donors (Lipinski definition) is 2. The maximum Gasteiger partial charge on any atom is 0.310 e. The van der Waals surface area contributed by atoms with Gasteiger partial charge in [-0.3, -0.25) is 9.59 Å². The molecule has 0 bridgehead atoms. The van der Waals surface area contributed by atoms with E-state index >= 15 is 0 Å². The average Bonchev–Trinajstić information content (AvgIpc) is 3.15. The largest absolute Gasteiger partial charge is 0.457 e. The minimum absolute atomic E-state index is 0.0532. The maximum atomic E-state index is 12.2. The van der Waals surface area contributed by atoms with Crippen molar-refractivity contribution >= 4 is 38.4 Å². The molecule has 0 aliphatic carbocycles. The van der Waals surface area contributed by atoms with Gasteiger partial charge in [0.25, 0.3) is 5.56 Å². The molecule has 132 valence electrons. The number of thiophene rings is 1. The number of fused-ring (bicyclic) bond motifs is 2. The van der Waals surface area contributed by atoms with Crippen LogP contribution in [0.25, 0.3) is 21.1 Å². The van der Waals surface area contributed by atoms with Crippen molar-refractivity contribution < 1.29 is 9.53 Å². The Morgan fingerprint density at radius 1 is 1.27 bits per heavy atom. The van der Waals surface area contributed by atoms with Crippen LogP contribution >= 0.6 is 11.3 Å². The zero-order valence-corrected chi connectivity index (χ0v) is 15.2. The maximum absolute atomic E-state index is 12.2. The van der Waals surface area contributed by atoms with E-state index in [0.717, 1.165) is 26.9 Å². The Bertz CT molecular complexity index is 1190. The Labute approximate surface area is 152 Å². The molecule has 1 aromatic carbocycles. The third-order valence-corrected chi connectivity index (χ3v) is 5.57. The molecule has 0 fully saturated rings. The van der Waals surface area contributed by atoms with Crippen LogP contribution in [-0.2, 0) is 22.6 Å². The summed E-state index contributed by atoms with van der Waals surface area (Å²) in [5.41, 5.74) is 2.61. The lowest BCUT2D eigenvalue weighted by Crippen LogP contribution is -2.15. The zero-order chi connectivity index (χ0) is 18.3. The molecule has 26 heavy (non-hydrogen) atoms. The van der Waals surface area contributed by atoms with E-state index in [-0.39, 0.29) is 24.6 Å². The number of rotatable bonds is 4. The highest BCUT2D eigenvalue weighted by molar-refractivity contribution is 7.18. The number of hydrogen-bond acceptors (Lipinski definition) is 5. The summed E-state index contributed by atoms with van der Waals surface area (Å²) >= 11 is 1.47. The summed E-state index contributed by atoms with van der Waals surface area (Å²) in [5.74, 6) is -0.00735. The quantitative estimate of drug-likeness (QED) is 0.541. The Morgan fingerprint density at radius 3 is 2.92 bits per heavy atom. The zero-order valence-electron chi connectivity index (χ0n) is 14.4. The summed E-state index contributed by atoms with van der Waals surface area (Å²) in [4.78, 5) is 36.4. The SMILES string of the molecule is Cc1sc2nc(COC(=O)Cc3c[nH]c4ccccc34)[nH]c(=O)c2c1C. The van der Waals surface area contributed by atoms with Gasteiger partial charge in [-0.25, -0.2) is 4.98 Å². The van der Waals surface area contributed by atoms with Gasteiger partial charge in [0, 0.05) is 22.0 Å². The number of carbonyl (C=O) groups excluding carboxylic acids is 1. The van der Waals surface area contributed by atoms with E-state index in [1.165, 1.54) is 11.3 Å². The van der Waals surface area contributed by atoms with Gasteiger partial charge in [0.15, 0.2) is 0 Å². The van der Waals surface area contributed by atoms with Crippen LogP contribution in [0.3, 0.4) is 0 Å². The number of para-hydroxylation sites is 1. The lowest BCUT2D eigenvalue weighted by molar-refractivity contribution is -0.144. The number of aromatic nitrogens is 3. The number of ether oxygens (including phenoxy) is 1. The standard InChI is InChI=1S/C19H17N3O3S/c1-10-11(2)26-19-17(10)18(24)21-15(22-19)9-25-16(23)7-12-8-20-14-6-4-3-5-13(12)14/h3-6,8,20H,7,9H2,1-2H3,(H,21,22,24). The predicted molar refractivity (Wildman–Crippen MR) is 102 cm³/mol. The molecule has 4 aromatic rings. The van der Waals surface area contributed by atoms with Crippen molar-refractivity contribution in [1.82, 2.24) is 15.0 Å². The molecule has 4 rings (SSSR count). The average molecular weight is 367 g/mol. The smallest absolute Gasteiger partial charge is 0.310 e. The summed E-state index contributed by atoms with van der Waals surface area (Å²) in [6, 6.07) is 7.79. The Balaban J connectivity index is 1.49. The van der Waals surface area contributed by atoms with Crippen molar-refractivity contribution in [2.75, 3.05) is 0 Å². The van der Waals surface area contributed by atoms with Gasteiger partial charge in [-0.2, -0.15) is 0 Å². The highest BCUT2D eigenvalue weighted by Gasteiger charge is 2.14. The van der Waals surface area contributed by atoms with E-state index in [1.54, 1.807) is 0 Å². The molecule has 0 amide bonds. The second-order valence-electron chi connectivity index (χ2n) is 6.17. The highest BCUT2D eigenvalue weighted by Crippen LogP contribution is 2.25. The molecule has 7 heteroatoms. The topological polar surface area (TPSA) is 87.8 Å². The van der Waals surface area contributed by atoms with Crippen molar-refractivity contribution in [2.45, 2.75) is 26.9 Å². The molecule has 3 heterocycles. The number of aryl methyl sites for hydroxylation is 2. The van der Waals surface area contributed by atoms with E-state index in [1.807, 2.05) is 44.3 Å². The van der Waals surface area contributed by atoms with E-state index in [4.69, 9.17) is 4.74 Å². The molecule has 0 aliphatic rings. The Morgan fingerprint density at radius 2 is 2.08 bits per heavy atom. The molecule has 2 N–H and O–H groups in total. The third-order valence-electron chi connectivity index (χ3n) is 4.47.